The number of carbonyl (C=O) groups excluding carboxylic acids is 1. The summed E-state index contributed by atoms with van der Waals surface area (Å²) in [6.07, 6.45) is 4.90. The first kappa shape index (κ1) is 9.84. The van der Waals surface area contributed by atoms with E-state index in [1.807, 2.05) is 0 Å². The van der Waals surface area contributed by atoms with Crippen LogP contribution in [0.25, 0.3) is 0 Å². The third-order valence-electron chi connectivity index (χ3n) is 2.02. The van der Waals surface area contributed by atoms with Gasteiger partial charge >= 0.3 is 5.97 Å². The van der Waals surface area contributed by atoms with Gasteiger partial charge in [0.15, 0.2) is 0 Å². The number of methoxy groups -OCH3 is 1. The van der Waals surface area contributed by atoms with Gasteiger partial charge in [0.2, 0.25) is 0 Å². The summed E-state index contributed by atoms with van der Waals surface area (Å²) < 4.78 is 4.66. The molecule has 0 unspecified atom stereocenters. The van der Waals surface area contributed by atoms with Crippen LogP contribution in [-0.4, -0.2) is 18.1 Å². The number of carbonyl (C=O) groups is 1. The topological polar surface area (TPSA) is 42.1 Å². The number of aryl methyl sites for hydroxylation is 1. The SMILES string of the molecule is CCCCc1[nH]ccc1C(=O)OC. The molecule has 1 heterocycles. The molecule has 1 rings (SSSR count). The maximum Gasteiger partial charge on any atom is 0.339 e. The molecule has 3 heteroatoms. The number of H-pyrrole nitrogens is 1. The number of aromatic nitrogens is 1. The molecular weight excluding hydrogens is 166 g/mol. The van der Waals surface area contributed by atoms with E-state index >= 15 is 0 Å². The number of hydrogen-bond donors (Lipinski definition) is 1. The van der Waals surface area contributed by atoms with Crippen molar-refractivity contribution in [2.45, 2.75) is 26.2 Å². The van der Waals surface area contributed by atoms with Crippen molar-refractivity contribution in [2.75, 3.05) is 7.11 Å². The third kappa shape index (κ3) is 2.34. The number of unbranched alkanes of at least 4 members (excludes halogenated alkanes) is 1. The van der Waals surface area contributed by atoms with Gasteiger partial charge in [0.1, 0.15) is 0 Å². The highest BCUT2D eigenvalue weighted by molar-refractivity contribution is 5.90. The van der Waals surface area contributed by atoms with Gasteiger partial charge in [-0.2, -0.15) is 0 Å². The average Bonchev–Trinajstić information content (AvgIpc) is 2.61. The molecule has 1 aromatic heterocycles. The van der Waals surface area contributed by atoms with Crippen LogP contribution >= 0.6 is 0 Å². The van der Waals surface area contributed by atoms with Crippen molar-refractivity contribution in [3.63, 3.8) is 0 Å². The van der Waals surface area contributed by atoms with E-state index in [-0.39, 0.29) is 5.97 Å². The van der Waals surface area contributed by atoms with E-state index in [2.05, 4.69) is 16.6 Å². The average molecular weight is 181 g/mol. The van der Waals surface area contributed by atoms with E-state index in [4.69, 9.17) is 0 Å². The second-order valence-corrected chi connectivity index (χ2v) is 2.97. The summed E-state index contributed by atoms with van der Waals surface area (Å²) in [5.41, 5.74) is 1.64. The number of rotatable bonds is 4. The fraction of sp³-hybridized carbons (Fsp3) is 0.500. The van der Waals surface area contributed by atoms with Crippen LogP contribution in [-0.2, 0) is 11.2 Å². The number of aromatic amines is 1. The summed E-state index contributed by atoms with van der Waals surface area (Å²) in [6, 6.07) is 1.76. The summed E-state index contributed by atoms with van der Waals surface area (Å²) in [5.74, 6) is -0.257. The highest BCUT2D eigenvalue weighted by Gasteiger charge is 2.11. The van der Waals surface area contributed by atoms with Crippen LogP contribution < -0.4 is 0 Å². The Hall–Kier alpha value is -1.25. The van der Waals surface area contributed by atoms with Crippen molar-refractivity contribution in [1.29, 1.82) is 0 Å². The van der Waals surface area contributed by atoms with E-state index in [0.717, 1.165) is 25.0 Å². The Balaban J connectivity index is 2.71. The number of hydrogen-bond acceptors (Lipinski definition) is 2. The zero-order chi connectivity index (χ0) is 9.68. The van der Waals surface area contributed by atoms with E-state index in [1.54, 1.807) is 12.3 Å². The molecule has 0 aliphatic carbocycles. The molecule has 0 atom stereocenters. The second-order valence-electron chi connectivity index (χ2n) is 2.97. The fourth-order valence-corrected chi connectivity index (χ4v) is 1.27. The number of esters is 1. The molecule has 0 bridgehead atoms. The molecule has 0 radical (unpaired) electrons. The predicted molar refractivity (Wildman–Crippen MR) is 50.7 cm³/mol. The third-order valence-corrected chi connectivity index (χ3v) is 2.02. The van der Waals surface area contributed by atoms with Crippen LogP contribution in [0.15, 0.2) is 12.3 Å². The maximum atomic E-state index is 11.2. The highest BCUT2D eigenvalue weighted by Crippen LogP contribution is 2.11. The van der Waals surface area contributed by atoms with Gasteiger partial charge in [0, 0.05) is 11.9 Å². The van der Waals surface area contributed by atoms with Crippen molar-refractivity contribution >= 4 is 5.97 Å². The molecule has 72 valence electrons. The van der Waals surface area contributed by atoms with Gasteiger partial charge < -0.3 is 9.72 Å². The predicted octanol–water partition coefficient (Wildman–Crippen LogP) is 2.14. The zero-order valence-corrected chi connectivity index (χ0v) is 8.09. The molecule has 0 aliphatic rings. The lowest BCUT2D eigenvalue weighted by atomic mass is 10.1. The van der Waals surface area contributed by atoms with Gasteiger partial charge in [-0.25, -0.2) is 4.79 Å². The minimum absolute atomic E-state index is 0.257. The molecule has 3 nitrogen and oxygen atoms in total. The van der Waals surface area contributed by atoms with Gasteiger partial charge in [0.05, 0.1) is 12.7 Å². The largest absolute Gasteiger partial charge is 0.465 e. The van der Waals surface area contributed by atoms with Gasteiger partial charge in [0.25, 0.3) is 0 Å². The zero-order valence-electron chi connectivity index (χ0n) is 8.09. The maximum absolute atomic E-state index is 11.2. The Morgan fingerprint density at radius 1 is 1.62 bits per heavy atom. The minimum atomic E-state index is -0.257. The lowest BCUT2D eigenvalue weighted by Gasteiger charge is -2.00. The Labute approximate surface area is 78.1 Å². The number of ether oxygens (including phenoxy) is 1. The lowest BCUT2D eigenvalue weighted by Crippen LogP contribution is -2.03. The van der Waals surface area contributed by atoms with Crippen molar-refractivity contribution in [3.8, 4) is 0 Å². The number of nitrogens with one attached hydrogen (secondary N) is 1. The standard InChI is InChI=1S/C10H15NO2/c1-3-4-5-9-8(6-7-11-9)10(12)13-2/h6-7,11H,3-5H2,1-2H3. The molecule has 1 N–H and O–H groups in total. The quantitative estimate of drug-likeness (QED) is 0.723. The first-order chi connectivity index (χ1) is 6.29. The summed E-state index contributed by atoms with van der Waals surface area (Å²) in [5, 5.41) is 0. The summed E-state index contributed by atoms with van der Waals surface area (Å²) >= 11 is 0. The van der Waals surface area contributed by atoms with Crippen LogP contribution in [0.5, 0.6) is 0 Å². The van der Waals surface area contributed by atoms with Crippen LogP contribution in [0.2, 0.25) is 0 Å². The molecule has 1 aromatic rings. The molecule has 0 fully saturated rings. The summed E-state index contributed by atoms with van der Waals surface area (Å²) in [7, 11) is 1.40. The second kappa shape index (κ2) is 4.70. The van der Waals surface area contributed by atoms with Gasteiger partial charge in [-0.15, -0.1) is 0 Å². The molecule has 0 saturated carbocycles. The highest BCUT2D eigenvalue weighted by atomic mass is 16.5. The Morgan fingerprint density at radius 2 is 2.38 bits per heavy atom. The lowest BCUT2D eigenvalue weighted by molar-refractivity contribution is 0.0599. The molecule has 0 aromatic carbocycles. The van der Waals surface area contributed by atoms with Gasteiger partial charge in [-0.1, -0.05) is 13.3 Å². The van der Waals surface area contributed by atoms with Crippen LogP contribution in [0.4, 0.5) is 0 Å². The smallest absolute Gasteiger partial charge is 0.339 e. The molecule has 0 amide bonds. The van der Waals surface area contributed by atoms with E-state index in [1.165, 1.54) is 7.11 Å². The summed E-state index contributed by atoms with van der Waals surface area (Å²) in [6.45, 7) is 2.13. The van der Waals surface area contributed by atoms with Crippen LogP contribution in [0.1, 0.15) is 35.8 Å². The molecule has 0 aliphatic heterocycles. The molecular formula is C10H15NO2. The Morgan fingerprint density at radius 3 is 3.00 bits per heavy atom. The first-order valence-electron chi connectivity index (χ1n) is 4.54. The first-order valence-corrected chi connectivity index (χ1v) is 4.54. The van der Waals surface area contributed by atoms with Gasteiger partial charge in [-0.05, 0) is 18.9 Å². The van der Waals surface area contributed by atoms with E-state index in [0.29, 0.717) is 5.56 Å². The van der Waals surface area contributed by atoms with Crippen LogP contribution in [0.3, 0.4) is 0 Å². The van der Waals surface area contributed by atoms with Crippen molar-refractivity contribution in [1.82, 2.24) is 4.98 Å². The molecule has 0 saturated heterocycles. The van der Waals surface area contributed by atoms with Gasteiger partial charge in [-0.3, -0.25) is 0 Å². The monoisotopic (exact) mass is 181 g/mol. The van der Waals surface area contributed by atoms with Crippen molar-refractivity contribution in [3.05, 3.63) is 23.5 Å². The Kier molecular flexibility index (Phi) is 3.55. The molecule has 0 spiro atoms. The summed E-state index contributed by atoms with van der Waals surface area (Å²) in [4.78, 5) is 14.3. The van der Waals surface area contributed by atoms with Crippen molar-refractivity contribution < 1.29 is 9.53 Å². The fourth-order valence-electron chi connectivity index (χ4n) is 1.27. The van der Waals surface area contributed by atoms with E-state index in [9.17, 15) is 4.79 Å². The normalized spacial score (nSPS) is 10.0. The van der Waals surface area contributed by atoms with E-state index < -0.39 is 0 Å². The molecule has 13 heavy (non-hydrogen) atoms. The Bertz CT molecular complexity index is 278. The van der Waals surface area contributed by atoms with Crippen LogP contribution in [0, 0.1) is 0 Å². The van der Waals surface area contributed by atoms with Crippen molar-refractivity contribution in [2.24, 2.45) is 0 Å². The minimum Gasteiger partial charge on any atom is -0.465 e.